The highest BCUT2D eigenvalue weighted by Gasteiger charge is 2.45. The van der Waals surface area contributed by atoms with Gasteiger partial charge in [-0.3, -0.25) is 19.3 Å². The van der Waals surface area contributed by atoms with E-state index in [2.05, 4.69) is 0 Å². The Bertz CT molecular complexity index is 1080. The van der Waals surface area contributed by atoms with E-state index < -0.39 is 23.4 Å². The third-order valence-electron chi connectivity index (χ3n) is 5.81. The van der Waals surface area contributed by atoms with Gasteiger partial charge in [-0.05, 0) is 63.6 Å². The minimum absolute atomic E-state index is 0.315. The van der Waals surface area contributed by atoms with Crippen LogP contribution < -0.4 is 9.64 Å². The van der Waals surface area contributed by atoms with E-state index in [4.69, 9.17) is 4.74 Å². The molecule has 0 saturated carbocycles. The molecule has 2 heterocycles. The molecule has 154 valence electrons. The van der Waals surface area contributed by atoms with E-state index in [0.717, 1.165) is 21.7 Å². The molecule has 0 radical (unpaired) electrons. The lowest BCUT2D eigenvalue weighted by molar-refractivity contribution is -0.122. The Morgan fingerprint density at radius 3 is 2.17 bits per heavy atom. The second-order valence-corrected chi connectivity index (χ2v) is 8.24. The molecule has 2 aliphatic rings. The van der Waals surface area contributed by atoms with E-state index in [1.54, 1.807) is 49.3 Å². The number of allylic oxidation sites excluding steroid dienone is 1. The van der Waals surface area contributed by atoms with E-state index >= 15 is 0 Å². The zero-order valence-corrected chi connectivity index (χ0v) is 17.7. The summed E-state index contributed by atoms with van der Waals surface area (Å²) in [5.41, 5.74) is 2.69. The summed E-state index contributed by atoms with van der Waals surface area (Å²) in [4.78, 5) is 42.2. The van der Waals surface area contributed by atoms with E-state index in [1.807, 2.05) is 39.0 Å². The number of imide groups is 1. The molecule has 0 bridgehead atoms. The highest BCUT2D eigenvalue weighted by Crippen LogP contribution is 2.41. The van der Waals surface area contributed by atoms with Crippen molar-refractivity contribution in [2.45, 2.75) is 39.3 Å². The number of methoxy groups -OCH3 is 1. The predicted octanol–water partition coefficient (Wildman–Crippen LogP) is 3.91. The average molecular weight is 404 g/mol. The van der Waals surface area contributed by atoms with Crippen LogP contribution in [0.5, 0.6) is 5.75 Å². The molecule has 6 heteroatoms. The molecule has 0 spiro atoms. The van der Waals surface area contributed by atoms with Crippen molar-refractivity contribution in [3.63, 3.8) is 0 Å². The van der Waals surface area contributed by atoms with Crippen molar-refractivity contribution in [1.82, 2.24) is 4.90 Å². The van der Waals surface area contributed by atoms with Gasteiger partial charge in [0.05, 0.1) is 29.5 Å². The van der Waals surface area contributed by atoms with Crippen LogP contribution in [-0.2, 0) is 4.79 Å². The topological polar surface area (TPSA) is 66.9 Å². The molecule has 1 atom stereocenters. The zero-order valence-electron chi connectivity index (χ0n) is 17.7. The second-order valence-electron chi connectivity index (χ2n) is 8.24. The number of ether oxygens (including phenoxy) is 1. The average Bonchev–Trinajstić information content (AvgIpc) is 2.97. The summed E-state index contributed by atoms with van der Waals surface area (Å²) >= 11 is 0. The first kappa shape index (κ1) is 19.9. The molecule has 0 aromatic heterocycles. The number of hydrogen-bond acceptors (Lipinski definition) is 4. The highest BCUT2D eigenvalue weighted by molar-refractivity contribution is 6.23. The number of nitrogens with zero attached hydrogens (tertiary/aromatic N) is 2. The summed E-state index contributed by atoms with van der Waals surface area (Å²) < 4.78 is 5.34. The van der Waals surface area contributed by atoms with E-state index in [0.29, 0.717) is 16.9 Å². The Kier molecular flexibility index (Phi) is 4.53. The van der Waals surface area contributed by atoms with Crippen LogP contribution in [0, 0.1) is 0 Å². The summed E-state index contributed by atoms with van der Waals surface area (Å²) in [6, 6.07) is 11.3. The molecule has 2 aromatic carbocycles. The lowest BCUT2D eigenvalue weighted by Crippen LogP contribution is -2.56. The minimum Gasteiger partial charge on any atom is -0.497 e. The third kappa shape index (κ3) is 2.83. The van der Waals surface area contributed by atoms with Crippen molar-refractivity contribution in [1.29, 1.82) is 0 Å². The molecule has 4 rings (SSSR count). The molecule has 0 unspecified atom stereocenters. The van der Waals surface area contributed by atoms with Crippen LogP contribution in [0.3, 0.4) is 0 Å². The molecule has 6 nitrogen and oxygen atoms in total. The third-order valence-corrected chi connectivity index (χ3v) is 5.81. The van der Waals surface area contributed by atoms with Gasteiger partial charge in [0.1, 0.15) is 11.8 Å². The van der Waals surface area contributed by atoms with Gasteiger partial charge in [-0.2, -0.15) is 0 Å². The lowest BCUT2D eigenvalue weighted by atomic mass is 9.88. The summed E-state index contributed by atoms with van der Waals surface area (Å²) in [6.07, 6.45) is 2.02. The van der Waals surface area contributed by atoms with E-state index in [1.165, 1.54) is 0 Å². The van der Waals surface area contributed by atoms with Gasteiger partial charge >= 0.3 is 0 Å². The van der Waals surface area contributed by atoms with Gasteiger partial charge in [-0.25, -0.2) is 0 Å². The Morgan fingerprint density at radius 2 is 1.60 bits per heavy atom. The van der Waals surface area contributed by atoms with Crippen LogP contribution in [-0.4, -0.2) is 41.3 Å². The standard InChI is InChI=1S/C24H24N2O4/c1-14-13-24(3,4)26(20-11-10-16(30-5)12-19(14)20)21(27)15(2)25-22(28)17-8-6-7-9-18(17)23(25)29/h6-13,15H,1-5H3/t15-/m0/s1. The predicted molar refractivity (Wildman–Crippen MR) is 115 cm³/mol. The highest BCUT2D eigenvalue weighted by atomic mass is 16.5. The molecular formula is C24H24N2O4. The zero-order chi connectivity index (χ0) is 21.8. The Labute approximate surface area is 175 Å². The van der Waals surface area contributed by atoms with Crippen molar-refractivity contribution in [3.8, 4) is 5.75 Å². The fraction of sp³-hybridized carbons (Fsp3) is 0.292. The van der Waals surface area contributed by atoms with E-state index in [-0.39, 0.29) is 5.91 Å². The number of amides is 3. The number of benzene rings is 2. The first-order valence-corrected chi connectivity index (χ1v) is 9.86. The van der Waals surface area contributed by atoms with Crippen LogP contribution in [0.4, 0.5) is 5.69 Å². The molecule has 0 aliphatic carbocycles. The SMILES string of the molecule is COc1ccc2c(c1)C(C)=CC(C)(C)N2C(=O)[C@H](C)N1C(=O)c2ccccc2C1=O. The molecule has 0 N–H and O–H groups in total. The van der Waals surface area contributed by atoms with Crippen LogP contribution in [0.15, 0.2) is 48.5 Å². The number of carbonyl (C=O) groups is 3. The van der Waals surface area contributed by atoms with Crippen molar-refractivity contribution >= 4 is 29.0 Å². The monoisotopic (exact) mass is 404 g/mol. The maximum Gasteiger partial charge on any atom is 0.262 e. The van der Waals surface area contributed by atoms with Crippen molar-refractivity contribution in [2.75, 3.05) is 12.0 Å². The number of hydrogen-bond donors (Lipinski definition) is 0. The van der Waals surface area contributed by atoms with Crippen LogP contribution in [0.1, 0.15) is 54.0 Å². The van der Waals surface area contributed by atoms with Gasteiger partial charge in [0.15, 0.2) is 0 Å². The molecule has 2 aliphatic heterocycles. The number of anilines is 1. The van der Waals surface area contributed by atoms with Gasteiger partial charge in [0.2, 0.25) is 0 Å². The van der Waals surface area contributed by atoms with Gasteiger partial charge in [-0.1, -0.05) is 18.2 Å². The number of carbonyl (C=O) groups excluding carboxylic acids is 3. The molecule has 2 aromatic rings. The van der Waals surface area contributed by atoms with Crippen LogP contribution in [0.25, 0.3) is 5.57 Å². The summed E-state index contributed by atoms with van der Waals surface area (Å²) in [7, 11) is 1.60. The Morgan fingerprint density at radius 1 is 1.00 bits per heavy atom. The van der Waals surface area contributed by atoms with Gasteiger partial charge in [0, 0.05) is 5.56 Å². The van der Waals surface area contributed by atoms with Crippen molar-refractivity contribution < 1.29 is 19.1 Å². The molecule has 3 amide bonds. The van der Waals surface area contributed by atoms with E-state index in [9.17, 15) is 14.4 Å². The summed E-state index contributed by atoms with van der Waals surface area (Å²) in [5, 5.41) is 0. The minimum atomic E-state index is -0.946. The smallest absolute Gasteiger partial charge is 0.262 e. The first-order valence-electron chi connectivity index (χ1n) is 9.86. The fourth-order valence-electron chi connectivity index (χ4n) is 4.40. The van der Waals surface area contributed by atoms with Crippen LogP contribution >= 0.6 is 0 Å². The van der Waals surface area contributed by atoms with Crippen molar-refractivity contribution in [2.24, 2.45) is 0 Å². The lowest BCUT2D eigenvalue weighted by Gasteiger charge is -2.43. The molecular weight excluding hydrogens is 380 g/mol. The van der Waals surface area contributed by atoms with Gasteiger partial charge < -0.3 is 9.64 Å². The van der Waals surface area contributed by atoms with Crippen molar-refractivity contribution in [3.05, 3.63) is 65.2 Å². The normalized spacial score (nSPS) is 18.0. The van der Waals surface area contributed by atoms with Gasteiger partial charge in [-0.15, -0.1) is 0 Å². The molecule has 0 fully saturated rings. The Balaban J connectivity index is 1.75. The second kappa shape index (κ2) is 6.83. The van der Waals surface area contributed by atoms with Gasteiger partial charge in [0.25, 0.3) is 17.7 Å². The maximum atomic E-state index is 13.7. The quantitative estimate of drug-likeness (QED) is 0.728. The van der Waals surface area contributed by atoms with Crippen LogP contribution in [0.2, 0.25) is 0 Å². The molecule has 30 heavy (non-hydrogen) atoms. The molecule has 0 saturated heterocycles. The summed E-state index contributed by atoms with van der Waals surface area (Å²) in [6.45, 7) is 7.48. The number of fused-ring (bicyclic) bond motifs is 2. The summed E-state index contributed by atoms with van der Waals surface area (Å²) in [5.74, 6) is -0.493. The first-order chi connectivity index (χ1) is 14.2. The maximum absolute atomic E-state index is 13.7. The largest absolute Gasteiger partial charge is 0.497 e. The number of rotatable bonds is 3. The fourth-order valence-corrected chi connectivity index (χ4v) is 4.40. The Hall–Kier alpha value is -3.41.